The van der Waals surface area contributed by atoms with Crippen molar-refractivity contribution in [2.75, 3.05) is 18.0 Å². The molecular formula is C16H20N4OS. The number of hydrogen-bond donors (Lipinski definition) is 1. The molecule has 5 nitrogen and oxygen atoms in total. The van der Waals surface area contributed by atoms with Gasteiger partial charge in [-0.15, -0.1) is 11.3 Å². The Labute approximate surface area is 134 Å². The SMILES string of the molecule is C[C@H](NC(=O)[C@H]1CCCN(c2cnccn2)C1)c1cccs1. The Morgan fingerprint density at radius 1 is 1.50 bits per heavy atom. The van der Waals surface area contributed by atoms with Crippen molar-refractivity contribution < 1.29 is 4.79 Å². The minimum atomic E-state index is 0.0122. The van der Waals surface area contributed by atoms with Crippen LogP contribution in [0.5, 0.6) is 0 Å². The maximum absolute atomic E-state index is 12.5. The first-order chi connectivity index (χ1) is 10.7. The van der Waals surface area contributed by atoms with Gasteiger partial charge in [0, 0.05) is 30.4 Å². The highest BCUT2D eigenvalue weighted by atomic mass is 32.1. The summed E-state index contributed by atoms with van der Waals surface area (Å²) in [7, 11) is 0. The minimum Gasteiger partial charge on any atom is -0.355 e. The monoisotopic (exact) mass is 316 g/mol. The molecule has 0 bridgehead atoms. The lowest BCUT2D eigenvalue weighted by atomic mass is 9.97. The third-order valence-corrected chi connectivity index (χ3v) is 5.05. The predicted octanol–water partition coefficient (Wildman–Crippen LogP) is 2.63. The number of anilines is 1. The Morgan fingerprint density at radius 2 is 2.41 bits per heavy atom. The van der Waals surface area contributed by atoms with Crippen LogP contribution in [0.1, 0.15) is 30.7 Å². The third kappa shape index (κ3) is 3.44. The van der Waals surface area contributed by atoms with Crippen molar-refractivity contribution in [1.29, 1.82) is 0 Å². The number of hydrogen-bond acceptors (Lipinski definition) is 5. The van der Waals surface area contributed by atoms with Crippen molar-refractivity contribution in [3.05, 3.63) is 41.0 Å². The van der Waals surface area contributed by atoms with E-state index < -0.39 is 0 Å². The molecule has 1 aliphatic heterocycles. The van der Waals surface area contributed by atoms with Gasteiger partial charge < -0.3 is 10.2 Å². The number of thiophene rings is 1. The van der Waals surface area contributed by atoms with Gasteiger partial charge in [0.15, 0.2) is 0 Å². The number of carbonyl (C=O) groups is 1. The molecule has 1 N–H and O–H groups in total. The van der Waals surface area contributed by atoms with Crippen LogP contribution in [0.4, 0.5) is 5.82 Å². The molecule has 3 rings (SSSR count). The van der Waals surface area contributed by atoms with Crippen molar-refractivity contribution in [2.45, 2.75) is 25.8 Å². The summed E-state index contributed by atoms with van der Waals surface area (Å²) in [6.07, 6.45) is 7.05. The van der Waals surface area contributed by atoms with Gasteiger partial charge in [-0.3, -0.25) is 9.78 Å². The molecule has 0 aliphatic carbocycles. The van der Waals surface area contributed by atoms with E-state index in [2.05, 4.69) is 26.3 Å². The maximum Gasteiger partial charge on any atom is 0.225 e. The van der Waals surface area contributed by atoms with Crippen molar-refractivity contribution in [2.24, 2.45) is 5.92 Å². The normalized spacial score (nSPS) is 19.7. The highest BCUT2D eigenvalue weighted by Gasteiger charge is 2.27. The fourth-order valence-corrected chi connectivity index (χ4v) is 3.53. The zero-order chi connectivity index (χ0) is 15.4. The number of nitrogens with one attached hydrogen (secondary N) is 1. The summed E-state index contributed by atoms with van der Waals surface area (Å²) < 4.78 is 0. The fraction of sp³-hybridized carbons (Fsp3) is 0.438. The molecule has 2 atom stereocenters. The van der Waals surface area contributed by atoms with Crippen LogP contribution in [-0.2, 0) is 4.79 Å². The molecule has 22 heavy (non-hydrogen) atoms. The number of amides is 1. The van der Waals surface area contributed by atoms with E-state index in [1.807, 2.05) is 18.4 Å². The second-order valence-electron chi connectivity index (χ2n) is 5.59. The molecule has 1 aliphatic rings. The number of rotatable bonds is 4. The van der Waals surface area contributed by atoms with Gasteiger partial charge in [0.1, 0.15) is 5.82 Å². The molecular weight excluding hydrogens is 296 g/mol. The highest BCUT2D eigenvalue weighted by molar-refractivity contribution is 7.10. The van der Waals surface area contributed by atoms with Crippen LogP contribution in [0.2, 0.25) is 0 Å². The smallest absolute Gasteiger partial charge is 0.225 e. The van der Waals surface area contributed by atoms with E-state index in [4.69, 9.17) is 0 Å². The van der Waals surface area contributed by atoms with Crippen LogP contribution < -0.4 is 10.2 Å². The maximum atomic E-state index is 12.5. The largest absolute Gasteiger partial charge is 0.355 e. The first-order valence-corrected chi connectivity index (χ1v) is 8.47. The van der Waals surface area contributed by atoms with Crippen LogP contribution in [0.3, 0.4) is 0 Å². The van der Waals surface area contributed by atoms with E-state index in [0.717, 1.165) is 25.2 Å². The van der Waals surface area contributed by atoms with Gasteiger partial charge in [-0.2, -0.15) is 0 Å². The summed E-state index contributed by atoms with van der Waals surface area (Å²) in [6, 6.07) is 4.14. The van der Waals surface area contributed by atoms with E-state index in [1.54, 1.807) is 29.9 Å². The molecule has 0 aromatic carbocycles. The summed E-state index contributed by atoms with van der Waals surface area (Å²) in [5.74, 6) is 0.999. The third-order valence-electron chi connectivity index (χ3n) is 3.99. The lowest BCUT2D eigenvalue weighted by Gasteiger charge is -2.33. The van der Waals surface area contributed by atoms with Gasteiger partial charge >= 0.3 is 0 Å². The van der Waals surface area contributed by atoms with Crippen LogP contribution in [-0.4, -0.2) is 29.0 Å². The van der Waals surface area contributed by atoms with Crippen molar-refractivity contribution in [3.8, 4) is 0 Å². The van der Waals surface area contributed by atoms with Crippen LogP contribution in [0.15, 0.2) is 36.1 Å². The summed E-state index contributed by atoms with van der Waals surface area (Å²) in [6.45, 7) is 3.68. The molecule has 1 amide bonds. The van der Waals surface area contributed by atoms with Crippen molar-refractivity contribution in [1.82, 2.24) is 15.3 Å². The van der Waals surface area contributed by atoms with Crippen LogP contribution >= 0.6 is 11.3 Å². The predicted molar refractivity (Wildman–Crippen MR) is 87.8 cm³/mol. The van der Waals surface area contributed by atoms with E-state index >= 15 is 0 Å². The van der Waals surface area contributed by atoms with Gasteiger partial charge in [0.2, 0.25) is 5.91 Å². The van der Waals surface area contributed by atoms with E-state index in [-0.39, 0.29) is 17.9 Å². The Morgan fingerprint density at radius 3 is 3.14 bits per heavy atom. The average Bonchev–Trinajstić information content (AvgIpc) is 3.10. The van der Waals surface area contributed by atoms with E-state index in [1.165, 1.54) is 4.88 Å². The second-order valence-corrected chi connectivity index (χ2v) is 6.57. The Balaban J connectivity index is 1.61. The first-order valence-electron chi connectivity index (χ1n) is 7.59. The minimum absolute atomic E-state index is 0.0122. The molecule has 6 heteroatoms. The van der Waals surface area contributed by atoms with Gasteiger partial charge in [0.05, 0.1) is 18.2 Å². The Bertz CT molecular complexity index is 602. The summed E-state index contributed by atoms with van der Waals surface area (Å²) in [4.78, 5) is 24.3. The summed E-state index contributed by atoms with van der Waals surface area (Å²) >= 11 is 1.67. The number of piperidine rings is 1. The summed E-state index contributed by atoms with van der Waals surface area (Å²) in [5, 5.41) is 5.17. The molecule has 2 aromatic heterocycles. The lowest BCUT2D eigenvalue weighted by Crippen LogP contribution is -2.43. The topological polar surface area (TPSA) is 58.1 Å². The Kier molecular flexibility index (Phi) is 4.68. The molecule has 3 heterocycles. The number of nitrogens with zero attached hydrogens (tertiary/aromatic N) is 3. The van der Waals surface area contributed by atoms with Gasteiger partial charge in [-0.1, -0.05) is 6.07 Å². The molecule has 0 radical (unpaired) electrons. The standard InChI is InChI=1S/C16H20N4OS/c1-12(14-5-3-9-22-14)19-16(21)13-4-2-8-20(11-13)15-10-17-6-7-18-15/h3,5-7,9-10,12-13H,2,4,8,11H2,1H3,(H,19,21)/t12-,13-/m0/s1. The Hall–Kier alpha value is -1.95. The fourth-order valence-electron chi connectivity index (χ4n) is 2.79. The van der Waals surface area contributed by atoms with Gasteiger partial charge in [0.25, 0.3) is 0 Å². The van der Waals surface area contributed by atoms with Crippen LogP contribution in [0.25, 0.3) is 0 Å². The zero-order valence-electron chi connectivity index (χ0n) is 12.6. The van der Waals surface area contributed by atoms with Gasteiger partial charge in [-0.05, 0) is 31.2 Å². The van der Waals surface area contributed by atoms with Crippen molar-refractivity contribution >= 4 is 23.1 Å². The molecule has 116 valence electrons. The molecule has 0 unspecified atom stereocenters. The van der Waals surface area contributed by atoms with Crippen LogP contribution in [0, 0.1) is 5.92 Å². The van der Waals surface area contributed by atoms with E-state index in [0.29, 0.717) is 6.54 Å². The van der Waals surface area contributed by atoms with Gasteiger partial charge in [-0.25, -0.2) is 4.98 Å². The lowest BCUT2D eigenvalue weighted by molar-refractivity contribution is -0.125. The molecule has 0 spiro atoms. The highest BCUT2D eigenvalue weighted by Crippen LogP contribution is 2.23. The second kappa shape index (κ2) is 6.87. The van der Waals surface area contributed by atoms with E-state index in [9.17, 15) is 4.79 Å². The number of aromatic nitrogens is 2. The molecule has 2 aromatic rings. The van der Waals surface area contributed by atoms with Crippen molar-refractivity contribution in [3.63, 3.8) is 0 Å². The summed E-state index contributed by atoms with van der Waals surface area (Å²) in [5.41, 5.74) is 0. The zero-order valence-corrected chi connectivity index (χ0v) is 13.4. The molecule has 1 fully saturated rings. The first kappa shape index (κ1) is 15.0. The average molecular weight is 316 g/mol. The number of carbonyl (C=O) groups excluding carboxylic acids is 1. The molecule has 0 saturated carbocycles. The quantitative estimate of drug-likeness (QED) is 0.942. The molecule has 1 saturated heterocycles.